The van der Waals surface area contributed by atoms with Crippen molar-refractivity contribution in [3.63, 3.8) is 0 Å². The lowest BCUT2D eigenvalue weighted by atomic mass is 10.0. The maximum absolute atomic E-state index is 12.4. The Hall–Kier alpha value is -1.08. The Balaban J connectivity index is 3.23. The second-order valence-electron chi connectivity index (χ2n) is 3.09. The van der Waals surface area contributed by atoms with Gasteiger partial charge in [-0.25, -0.2) is 0 Å². The zero-order chi connectivity index (χ0) is 12.5. The molecular formula is C9H7BrF3NO2. The number of carbonyl (C=O) groups is 1. The minimum absolute atomic E-state index is 0.103. The maximum atomic E-state index is 12.4. The third-order valence-corrected chi connectivity index (χ3v) is 2.33. The molecule has 0 saturated heterocycles. The van der Waals surface area contributed by atoms with Gasteiger partial charge in [-0.3, -0.25) is 4.79 Å². The largest absolute Gasteiger partial charge is 0.480 e. The summed E-state index contributed by atoms with van der Waals surface area (Å²) in [5, 5.41) is 8.60. The fraction of sp³-hybridized carbons (Fsp3) is 0.222. The summed E-state index contributed by atoms with van der Waals surface area (Å²) in [6.07, 6.45) is -4.53. The van der Waals surface area contributed by atoms with Crippen LogP contribution in [0.25, 0.3) is 0 Å². The molecule has 16 heavy (non-hydrogen) atoms. The fourth-order valence-corrected chi connectivity index (χ4v) is 1.61. The number of hydrogen-bond acceptors (Lipinski definition) is 2. The lowest BCUT2D eigenvalue weighted by Crippen LogP contribution is -2.21. The standard InChI is InChI=1S/C9H7BrF3NO2/c10-6-2-4(7(14)8(15)16)1-5(3-6)9(11,12)13/h1-3,7H,14H2,(H,15,16). The van der Waals surface area contributed by atoms with Crippen molar-refractivity contribution < 1.29 is 23.1 Å². The fourth-order valence-electron chi connectivity index (χ4n) is 1.10. The predicted molar refractivity (Wildman–Crippen MR) is 53.7 cm³/mol. The van der Waals surface area contributed by atoms with E-state index in [-0.39, 0.29) is 10.0 Å². The summed E-state index contributed by atoms with van der Waals surface area (Å²) in [5.74, 6) is -1.38. The van der Waals surface area contributed by atoms with E-state index >= 15 is 0 Å². The van der Waals surface area contributed by atoms with Crippen molar-refractivity contribution in [2.24, 2.45) is 5.73 Å². The summed E-state index contributed by atoms with van der Waals surface area (Å²) in [6.45, 7) is 0. The van der Waals surface area contributed by atoms with E-state index in [1.807, 2.05) is 0 Å². The molecule has 1 unspecified atom stereocenters. The van der Waals surface area contributed by atoms with Gasteiger partial charge in [-0.05, 0) is 23.8 Å². The van der Waals surface area contributed by atoms with Gasteiger partial charge in [0.25, 0.3) is 0 Å². The van der Waals surface area contributed by atoms with Crippen LogP contribution in [0.2, 0.25) is 0 Å². The first-order valence-electron chi connectivity index (χ1n) is 4.08. The monoisotopic (exact) mass is 297 g/mol. The number of hydrogen-bond donors (Lipinski definition) is 2. The molecular weight excluding hydrogens is 291 g/mol. The zero-order valence-electron chi connectivity index (χ0n) is 7.75. The van der Waals surface area contributed by atoms with Crippen LogP contribution in [0.15, 0.2) is 22.7 Å². The topological polar surface area (TPSA) is 63.3 Å². The lowest BCUT2D eigenvalue weighted by Gasteiger charge is -2.12. The number of benzene rings is 1. The number of carboxylic acid groups (broad SMARTS) is 1. The second-order valence-corrected chi connectivity index (χ2v) is 4.00. The van der Waals surface area contributed by atoms with E-state index in [9.17, 15) is 18.0 Å². The minimum Gasteiger partial charge on any atom is -0.480 e. The first-order valence-corrected chi connectivity index (χ1v) is 4.87. The lowest BCUT2D eigenvalue weighted by molar-refractivity contribution is -0.140. The molecule has 0 bridgehead atoms. The van der Waals surface area contributed by atoms with Crippen molar-refractivity contribution in [2.75, 3.05) is 0 Å². The molecule has 0 amide bonds. The van der Waals surface area contributed by atoms with Crippen LogP contribution in [-0.4, -0.2) is 11.1 Å². The van der Waals surface area contributed by atoms with Gasteiger partial charge in [0.1, 0.15) is 6.04 Å². The smallest absolute Gasteiger partial charge is 0.416 e. The second kappa shape index (κ2) is 4.42. The van der Waals surface area contributed by atoms with Crippen molar-refractivity contribution in [1.82, 2.24) is 0 Å². The molecule has 0 radical (unpaired) electrons. The molecule has 1 rings (SSSR count). The van der Waals surface area contributed by atoms with E-state index in [4.69, 9.17) is 10.8 Å². The van der Waals surface area contributed by atoms with Crippen LogP contribution in [0.5, 0.6) is 0 Å². The van der Waals surface area contributed by atoms with Gasteiger partial charge in [0.05, 0.1) is 5.56 Å². The number of rotatable bonds is 2. The van der Waals surface area contributed by atoms with Gasteiger partial charge in [-0.1, -0.05) is 15.9 Å². The summed E-state index contributed by atoms with van der Waals surface area (Å²) in [6, 6.07) is 1.36. The van der Waals surface area contributed by atoms with Crippen LogP contribution in [0.1, 0.15) is 17.2 Å². The van der Waals surface area contributed by atoms with Crippen LogP contribution >= 0.6 is 15.9 Å². The summed E-state index contributed by atoms with van der Waals surface area (Å²) < 4.78 is 37.3. The van der Waals surface area contributed by atoms with Gasteiger partial charge in [-0.2, -0.15) is 13.2 Å². The van der Waals surface area contributed by atoms with Gasteiger partial charge in [0.2, 0.25) is 0 Å². The molecule has 0 aromatic heterocycles. The summed E-state index contributed by atoms with van der Waals surface area (Å²) >= 11 is 2.87. The molecule has 0 aliphatic rings. The molecule has 3 nitrogen and oxygen atoms in total. The number of halogens is 4. The highest BCUT2D eigenvalue weighted by Crippen LogP contribution is 2.33. The van der Waals surface area contributed by atoms with Crippen molar-refractivity contribution in [3.05, 3.63) is 33.8 Å². The van der Waals surface area contributed by atoms with Crippen molar-refractivity contribution in [1.29, 1.82) is 0 Å². The molecule has 0 spiro atoms. The molecule has 0 aliphatic heterocycles. The van der Waals surface area contributed by atoms with Gasteiger partial charge in [0.15, 0.2) is 0 Å². The summed E-state index contributed by atoms with van der Waals surface area (Å²) in [4.78, 5) is 10.6. The van der Waals surface area contributed by atoms with E-state index in [1.165, 1.54) is 6.07 Å². The molecule has 0 fully saturated rings. The van der Waals surface area contributed by atoms with Gasteiger partial charge >= 0.3 is 12.1 Å². The Kier molecular flexibility index (Phi) is 3.59. The first kappa shape index (κ1) is 13.0. The highest BCUT2D eigenvalue weighted by molar-refractivity contribution is 9.10. The molecule has 3 N–H and O–H groups in total. The normalized spacial score (nSPS) is 13.6. The number of alkyl halides is 3. The molecule has 7 heteroatoms. The molecule has 1 aromatic carbocycles. The Morgan fingerprint density at radius 3 is 2.38 bits per heavy atom. The average molecular weight is 298 g/mol. The number of aliphatic carboxylic acids is 1. The quantitative estimate of drug-likeness (QED) is 0.882. The minimum atomic E-state index is -4.53. The molecule has 0 heterocycles. The molecule has 1 aromatic rings. The Bertz CT molecular complexity index is 420. The summed E-state index contributed by atoms with van der Waals surface area (Å²) in [7, 11) is 0. The van der Waals surface area contributed by atoms with Crippen molar-refractivity contribution >= 4 is 21.9 Å². The highest BCUT2D eigenvalue weighted by atomic mass is 79.9. The Morgan fingerprint density at radius 1 is 1.38 bits per heavy atom. The number of carboxylic acids is 1. The number of nitrogens with two attached hydrogens (primary N) is 1. The van der Waals surface area contributed by atoms with Crippen molar-refractivity contribution in [3.8, 4) is 0 Å². The summed E-state index contributed by atoms with van der Waals surface area (Å²) in [5.41, 5.74) is 4.19. The Labute approximate surface area is 97.2 Å². The van der Waals surface area contributed by atoms with Gasteiger partial charge < -0.3 is 10.8 Å². The van der Waals surface area contributed by atoms with E-state index < -0.39 is 23.8 Å². The SMILES string of the molecule is NC(C(=O)O)c1cc(Br)cc(C(F)(F)F)c1. The molecule has 0 saturated carbocycles. The van der Waals surface area contributed by atoms with Crippen molar-refractivity contribution in [2.45, 2.75) is 12.2 Å². The van der Waals surface area contributed by atoms with Gasteiger partial charge in [-0.15, -0.1) is 0 Å². The Morgan fingerprint density at radius 2 is 1.94 bits per heavy atom. The maximum Gasteiger partial charge on any atom is 0.416 e. The first-order chi connectivity index (χ1) is 7.21. The van der Waals surface area contributed by atoms with E-state index in [2.05, 4.69) is 15.9 Å². The molecule has 0 aliphatic carbocycles. The third-order valence-electron chi connectivity index (χ3n) is 1.87. The third kappa shape index (κ3) is 2.96. The van der Waals surface area contributed by atoms with E-state index in [0.29, 0.717) is 0 Å². The van der Waals surface area contributed by atoms with Gasteiger partial charge in [0, 0.05) is 4.47 Å². The molecule has 88 valence electrons. The van der Waals surface area contributed by atoms with Crippen LogP contribution in [0, 0.1) is 0 Å². The average Bonchev–Trinajstić information content (AvgIpc) is 2.14. The highest BCUT2D eigenvalue weighted by Gasteiger charge is 2.32. The van der Waals surface area contributed by atoms with Crippen LogP contribution < -0.4 is 5.73 Å². The van der Waals surface area contributed by atoms with E-state index in [0.717, 1.165) is 12.1 Å². The zero-order valence-corrected chi connectivity index (χ0v) is 9.34. The van der Waals surface area contributed by atoms with E-state index in [1.54, 1.807) is 0 Å². The predicted octanol–water partition coefficient (Wildman–Crippen LogP) is 2.55. The van der Waals surface area contributed by atoms with Crippen LogP contribution in [0.3, 0.4) is 0 Å². The van der Waals surface area contributed by atoms with Crippen LogP contribution in [0.4, 0.5) is 13.2 Å². The van der Waals surface area contributed by atoms with Crippen LogP contribution in [-0.2, 0) is 11.0 Å². The molecule has 1 atom stereocenters.